The van der Waals surface area contributed by atoms with Crippen molar-refractivity contribution in [1.29, 1.82) is 0 Å². The molecule has 128 valence electrons. The fraction of sp³-hybridized carbons (Fsp3) is 0.118. The number of ether oxygens (including phenoxy) is 1. The zero-order chi connectivity index (χ0) is 18.0. The molecule has 1 heterocycles. The van der Waals surface area contributed by atoms with Crippen LogP contribution in [0.15, 0.2) is 46.9 Å². The van der Waals surface area contributed by atoms with Crippen LogP contribution in [-0.4, -0.2) is 16.2 Å². The van der Waals surface area contributed by atoms with Crippen LogP contribution in [0, 0.1) is 5.82 Å². The van der Waals surface area contributed by atoms with Crippen molar-refractivity contribution in [1.82, 2.24) is 10.2 Å². The van der Waals surface area contributed by atoms with Crippen molar-refractivity contribution >= 4 is 29.2 Å². The number of halogens is 3. The zero-order valence-corrected chi connectivity index (χ0v) is 14.4. The third-order valence-electron chi connectivity index (χ3n) is 3.33. The molecule has 25 heavy (non-hydrogen) atoms. The van der Waals surface area contributed by atoms with Gasteiger partial charge in [0.25, 0.3) is 5.89 Å². The van der Waals surface area contributed by atoms with E-state index < -0.39 is 12.1 Å². The van der Waals surface area contributed by atoms with Gasteiger partial charge in [0.15, 0.2) is 6.10 Å². The van der Waals surface area contributed by atoms with Crippen LogP contribution in [-0.2, 0) is 4.74 Å². The number of esters is 1. The average Bonchev–Trinajstić information content (AvgIpc) is 3.05. The minimum Gasteiger partial charge on any atom is -0.449 e. The van der Waals surface area contributed by atoms with Gasteiger partial charge >= 0.3 is 5.97 Å². The van der Waals surface area contributed by atoms with Gasteiger partial charge < -0.3 is 9.15 Å². The van der Waals surface area contributed by atoms with Crippen LogP contribution in [0.2, 0.25) is 10.0 Å². The molecule has 8 heteroatoms. The minimum atomic E-state index is -0.818. The third-order valence-corrected chi connectivity index (χ3v) is 3.96. The van der Waals surface area contributed by atoms with E-state index in [0.29, 0.717) is 5.56 Å². The van der Waals surface area contributed by atoms with Gasteiger partial charge in [-0.05, 0) is 43.3 Å². The number of hydrogen-bond donors (Lipinski definition) is 0. The number of rotatable bonds is 4. The summed E-state index contributed by atoms with van der Waals surface area (Å²) in [5, 5.41) is 8.09. The van der Waals surface area contributed by atoms with Crippen molar-refractivity contribution in [3.05, 3.63) is 69.8 Å². The second-order valence-electron chi connectivity index (χ2n) is 5.10. The fourth-order valence-corrected chi connectivity index (χ4v) is 2.62. The van der Waals surface area contributed by atoms with Gasteiger partial charge in [-0.15, -0.1) is 10.2 Å². The SMILES string of the molecule is C[C@@H](OC(=O)c1c(Cl)cccc1Cl)c1nnc(-c2ccc(F)cc2)o1. The van der Waals surface area contributed by atoms with E-state index in [-0.39, 0.29) is 33.2 Å². The van der Waals surface area contributed by atoms with Crippen molar-refractivity contribution < 1.29 is 18.3 Å². The normalized spacial score (nSPS) is 12.0. The summed E-state index contributed by atoms with van der Waals surface area (Å²) in [5.41, 5.74) is 0.615. The Morgan fingerprint density at radius 1 is 1.12 bits per heavy atom. The predicted octanol–water partition coefficient (Wildman–Crippen LogP) is 5.10. The standard InChI is InChI=1S/C17H11Cl2FN2O3/c1-9(24-17(23)14-12(18)3-2-4-13(14)19)15-21-22-16(25-15)10-5-7-11(20)8-6-10/h2-9H,1H3/t9-/m1/s1. The van der Waals surface area contributed by atoms with Gasteiger partial charge in [-0.1, -0.05) is 29.3 Å². The minimum absolute atomic E-state index is 0.0657. The number of carbonyl (C=O) groups is 1. The summed E-state index contributed by atoms with van der Waals surface area (Å²) >= 11 is 12.0. The van der Waals surface area contributed by atoms with Gasteiger partial charge in [0.2, 0.25) is 5.89 Å². The van der Waals surface area contributed by atoms with Crippen LogP contribution in [0.4, 0.5) is 4.39 Å². The van der Waals surface area contributed by atoms with Crippen molar-refractivity contribution in [2.75, 3.05) is 0 Å². The van der Waals surface area contributed by atoms with Crippen LogP contribution in [0.25, 0.3) is 11.5 Å². The average molecular weight is 381 g/mol. The predicted molar refractivity (Wildman–Crippen MR) is 90.0 cm³/mol. The molecular formula is C17H11Cl2FN2O3. The molecule has 0 saturated carbocycles. The molecule has 3 rings (SSSR count). The summed E-state index contributed by atoms with van der Waals surface area (Å²) in [6.07, 6.45) is -0.818. The molecule has 1 atom stereocenters. The summed E-state index contributed by atoms with van der Waals surface area (Å²) in [7, 11) is 0. The van der Waals surface area contributed by atoms with E-state index in [2.05, 4.69) is 10.2 Å². The van der Waals surface area contributed by atoms with Crippen LogP contribution < -0.4 is 0 Å². The monoisotopic (exact) mass is 380 g/mol. The zero-order valence-electron chi connectivity index (χ0n) is 12.9. The number of benzene rings is 2. The number of hydrogen-bond acceptors (Lipinski definition) is 5. The van der Waals surface area contributed by atoms with E-state index in [1.54, 1.807) is 13.0 Å². The van der Waals surface area contributed by atoms with Gasteiger partial charge in [-0.3, -0.25) is 0 Å². The van der Waals surface area contributed by atoms with Gasteiger partial charge in [-0.25, -0.2) is 9.18 Å². The molecular weight excluding hydrogens is 370 g/mol. The summed E-state index contributed by atoms with van der Waals surface area (Å²) in [6, 6.07) is 10.3. The van der Waals surface area contributed by atoms with Crippen LogP contribution in [0.3, 0.4) is 0 Å². The maximum Gasteiger partial charge on any atom is 0.341 e. The lowest BCUT2D eigenvalue weighted by atomic mass is 10.2. The first kappa shape index (κ1) is 17.4. The van der Waals surface area contributed by atoms with E-state index in [0.717, 1.165) is 0 Å². The fourth-order valence-electron chi connectivity index (χ4n) is 2.07. The van der Waals surface area contributed by atoms with E-state index in [1.807, 2.05) is 0 Å². The molecule has 3 aromatic rings. The van der Waals surface area contributed by atoms with E-state index in [1.165, 1.54) is 36.4 Å². The third kappa shape index (κ3) is 3.81. The lowest BCUT2D eigenvalue weighted by Gasteiger charge is -2.11. The lowest BCUT2D eigenvalue weighted by Crippen LogP contribution is -2.10. The first-order chi connectivity index (χ1) is 12.0. The molecule has 1 aromatic heterocycles. The Balaban J connectivity index is 1.77. The molecule has 0 bridgehead atoms. The van der Waals surface area contributed by atoms with E-state index in [9.17, 15) is 9.18 Å². The highest BCUT2D eigenvalue weighted by molar-refractivity contribution is 6.39. The molecule has 0 radical (unpaired) electrons. The van der Waals surface area contributed by atoms with Gasteiger partial charge in [-0.2, -0.15) is 0 Å². The quantitative estimate of drug-likeness (QED) is 0.589. The van der Waals surface area contributed by atoms with Crippen LogP contribution in [0.1, 0.15) is 29.3 Å². The first-order valence-corrected chi connectivity index (χ1v) is 7.95. The summed E-state index contributed by atoms with van der Waals surface area (Å²) in [4.78, 5) is 12.3. The molecule has 0 fully saturated rings. The Morgan fingerprint density at radius 2 is 1.76 bits per heavy atom. The van der Waals surface area contributed by atoms with Crippen molar-refractivity contribution in [3.8, 4) is 11.5 Å². The molecule has 0 aliphatic carbocycles. The maximum absolute atomic E-state index is 13.0. The largest absolute Gasteiger partial charge is 0.449 e. The molecule has 5 nitrogen and oxygen atoms in total. The molecule has 0 aliphatic heterocycles. The second-order valence-corrected chi connectivity index (χ2v) is 5.91. The lowest BCUT2D eigenvalue weighted by molar-refractivity contribution is 0.0280. The highest BCUT2D eigenvalue weighted by Gasteiger charge is 2.23. The Kier molecular flexibility index (Phi) is 5.01. The van der Waals surface area contributed by atoms with E-state index in [4.69, 9.17) is 32.4 Å². The number of carbonyl (C=O) groups excluding carboxylic acids is 1. The number of nitrogens with zero attached hydrogens (tertiary/aromatic N) is 2. The Labute approximate surface area is 152 Å². The number of aromatic nitrogens is 2. The summed E-state index contributed by atoms with van der Waals surface area (Å²) in [6.45, 7) is 1.57. The topological polar surface area (TPSA) is 65.2 Å². The molecule has 0 spiro atoms. The van der Waals surface area contributed by atoms with Crippen molar-refractivity contribution in [2.45, 2.75) is 13.0 Å². The maximum atomic E-state index is 13.0. The van der Waals surface area contributed by atoms with Crippen molar-refractivity contribution in [3.63, 3.8) is 0 Å². The molecule has 0 saturated heterocycles. The molecule has 0 N–H and O–H groups in total. The molecule has 0 unspecified atom stereocenters. The molecule has 0 aliphatic rings. The molecule has 0 amide bonds. The summed E-state index contributed by atoms with van der Waals surface area (Å²) in [5.74, 6) is -0.795. The highest BCUT2D eigenvalue weighted by atomic mass is 35.5. The highest BCUT2D eigenvalue weighted by Crippen LogP contribution is 2.28. The smallest absolute Gasteiger partial charge is 0.341 e. The Hall–Kier alpha value is -2.44. The van der Waals surface area contributed by atoms with Crippen LogP contribution >= 0.6 is 23.2 Å². The van der Waals surface area contributed by atoms with Gasteiger partial charge in [0.1, 0.15) is 5.82 Å². The first-order valence-electron chi connectivity index (χ1n) is 7.20. The van der Waals surface area contributed by atoms with Crippen molar-refractivity contribution in [2.24, 2.45) is 0 Å². The van der Waals surface area contributed by atoms with Gasteiger partial charge in [0, 0.05) is 5.56 Å². The van der Waals surface area contributed by atoms with Gasteiger partial charge in [0.05, 0.1) is 15.6 Å². The Bertz CT molecular complexity index is 892. The molecule has 2 aromatic carbocycles. The second kappa shape index (κ2) is 7.21. The summed E-state index contributed by atoms with van der Waals surface area (Å²) < 4.78 is 23.7. The van der Waals surface area contributed by atoms with E-state index >= 15 is 0 Å². The Morgan fingerprint density at radius 3 is 2.40 bits per heavy atom. The van der Waals surface area contributed by atoms with Crippen LogP contribution in [0.5, 0.6) is 0 Å².